The third-order valence-electron chi connectivity index (χ3n) is 5.60. The van der Waals surface area contributed by atoms with Crippen LogP contribution in [0.25, 0.3) is 0 Å². The van der Waals surface area contributed by atoms with E-state index in [1.807, 2.05) is 45.0 Å². The van der Waals surface area contributed by atoms with E-state index in [0.29, 0.717) is 32.1 Å². The number of nitrogens with two attached hydrogens (primary N) is 1. The monoisotopic (exact) mass is 398 g/mol. The first-order valence-corrected chi connectivity index (χ1v) is 9.61. The highest BCUT2D eigenvalue weighted by molar-refractivity contribution is 5.88. The summed E-state index contributed by atoms with van der Waals surface area (Å²) in [5, 5.41) is 3.00. The zero-order chi connectivity index (χ0) is 19.4. The second-order valence-electron chi connectivity index (χ2n) is 8.16. The average molecular weight is 399 g/mol. The van der Waals surface area contributed by atoms with Crippen LogP contribution < -0.4 is 15.8 Å². The van der Waals surface area contributed by atoms with Gasteiger partial charge in [-0.05, 0) is 25.3 Å². The molecular formula is C21H35ClN2O3. The molecule has 27 heavy (non-hydrogen) atoms. The minimum atomic E-state index is -0.902. The van der Waals surface area contributed by atoms with E-state index in [4.69, 9.17) is 15.2 Å². The molecule has 0 radical (unpaired) electrons. The smallest absolute Gasteiger partial charge is 0.241 e. The number of para-hydroxylation sites is 1. The number of amides is 1. The number of hydrogen-bond donors (Lipinski definition) is 2. The first-order chi connectivity index (χ1) is 12.2. The van der Waals surface area contributed by atoms with Gasteiger partial charge < -0.3 is 20.5 Å². The molecule has 0 saturated heterocycles. The molecule has 3 N–H and O–H groups in total. The van der Waals surface area contributed by atoms with Crippen molar-refractivity contribution in [2.75, 3.05) is 13.2 Å². The van der Waals surface area contributed by atoms with Crippen LogP contribution in [-0.4, -0.2) is 30.8 Å². The largest absolute Gasteiger partial charge is 0.493 e. The predicted molar refractivity (Wildman–Crippen MR) is 111 cm³/mol. The van der Waals surface area contributed by atoms with Crippen molar-refractivity contribution in [2.24, 2.45) is 17.1 Å². The van der Waals surface area contributed by atoms with Crippen molar-refractivity contribution >= 4 is 18.3 Å². The summed E-state index contributed by atoms with van der Waals surface area (Å²) in [5.41, 5.74) is 6.11. The first-order valence-electron chi connectivity index (χ1n) is 9.61. The van der Waals surface area contributed by atoms with E-state index in [1.54, 1.807) is 0 Å². The van der Waals surface area contributed by atoms with Crippen molar-refractivity contribution in [3.05, 3.63) is 29.8 Å². The molecule has 0 aliphatic heterocycles. The Kier molecular flexibility index (Phi) is 8.58. The number of hydrogen-bond acceptors (Lipinski definition) is 4. The third-order valence-corrected chi connectivity index (χ3v) is 5.60. The Morgan fingerprint density at radius 1 is 1.33 bits per heavy atom. The number of carbonyl (C=O) groups excluding carboxylic acids is 1. The van der Waals surface area contributed by atoms with Gasteiger partial charge in [-0.15, -0.1) is 12.4 Å². The van der Waals surface area contributed by atoms with Crippen molar-refractivity contribution in [1.82, 2.24) is 5.32 Å². The highest BCUT2D eigenvalue weighted by atomic mass is 35.5. The highest BCUT2D eigenvalue weighted by Crippen LogP contribution is 2.49. The molecule has 0 aromatic heterocycles. The molecule has 0 spiro atoms. The molecule has 0 bridgehead atoms. The number of carbonyl (C=O) groups is 1. The fraction of sp³-hybridized carbons (Fsp3) is 0.667. The van der Waals surface area contributed by atoms with Gasteiger partial charge in [0.05, 0.1) is 12.7 Å². The molecule has 1 aliphatic rings. The number of ether oxygens (including phenoxy) is 2. The maximum Gasteiger partial charge on any atom is 0.241 e. The lowest BCUT2D eigenvalue weighted by Crippen LogP contribution is -2.75. The summed E-state index contributed by atoms with van der Waals surface area (Å²) in [5.74, 6) is 1.29. The maximum absolute atomic E-state index is 12.8. The van der Waals surface area contributed by atoms with Gasteiger partial charge in [-0.1, -0.05) is 45.9 Å². The predicted octanol–water partition coefficient (Wildman–Crippen LogP) is 3.68. The van der Waals surface area contributed by atoms with Crippen LogP contribution in [0.5, 0.6) is 5.75 Å². The Morgan fingerprint density at radius 3 is 2.59 bits per heavy atom. The van der Waals surface area contributed by atoms with E-state index in [1.165, 1.54) is 0 Å². The van der Waals surface area contributed by atoms with Gasteiger partial charge in [0, 0.05) is 30.6 Å². The van der Waals surface area contributed by atoms with Crippen LogP contribution >= 0.6 is 12.4 Å². The average Bonchev–Trinajstić information content (AvgIpc) is 2.59. The quantitative estimate of drug-likeness (QED) is 0.665. The van der Waals surface area contributed by atoms with Crippen LogP contribution in [0, 0.1) is 11.3 Å². The van der Waals surface area contributed by atoms with E-state index in [-0.39, 0.29) is 29.8 Å². The van der Waals surface area contributed by atoms with Crippen molar-refractivity contribution in [1.29, 1.82) is 0 Å². The number of halogens is 1. The lowest BCUT2D eigenvalue weighted by molar-refractivity contribution is -0.170. The zero-order valence-corrected chi connectivity index (χ0v) is 18.0. The molecule has 1 aromatic carbocycles. The summed E-state index contributed by atoms with van der Waals surface area (Å²) in [6.07, 6.45) is 1.57. The Bertz CT molecular complexity index is 621. The summed E-state index contributed by atoms with van der Waals surface area (Å²) >= 11 is 0. The molecule has 5 nitrogen and oxygen atoms in total. The van der Waals surface area contributed by atoms with Gasteiger partial charge in [-0.2, -0.15) is 0 Å². The molecule has 1 aromatic rings. The normalized spacial score (nSPS) is 23.3. The van der Waals surface area contributed by atoms with E-state index < -0.39 is 5.54 Å². The summed E-state index contributed by atoms with van der Waals surface area (Å²) in [6.45, 7) is 12.0. The second kappa shape index (κ2) is 9.76. The van der Waals surface area contributed by atoms with Gasteiger partial charge in [0.15, 0.2) is 0 Å². The molecule has 154 valence electrons. The molecule has 6 heteroatoms. The SMILES string of the molecule is CCOC1CC(N)(C(=O)NCc2ccccc2OCCC(C)C)C1(C)C.Cl. The molecule has 2 rings (SSSR count). The third kappa shape index (κ3) is 5.15. The van der Waals surface area contributed by atoms with Crippen LogP contribution in [0.15, 0.2) is 24.3 Å². The number of nitrogens with one attached hydrogen (secondary N) is 1. The second-order valence-corrected chi connectivity index (χ2v) is 8.16. The minimum absolute atomic E-state index is 0. The number of rotatable bonds is 9. The van der Waals surface area contributed by atoms with Gasteiger partial charge in [0.25, 0.3) is 0 Å². The zero-order valence-electron chi connectivity index (χ0n) is 17.2. The Hall–Kier alpha value is -1.30. The molecule has 2 unspecified atom stereocenters. The van der Waals surface area contributed by atoms with Gasteiger partial charge in [-0.3, -0.25) is 4.79 Å². The summed E-state index contributed by atoms with van der Waals surface area (Å²) in [7, 11) is 0. The van der Waals surface area contributed by atoms with Crippen molar-refractivity contribution in [3.8, 4) is 5.75 Å². The van der Waals surface area contributed by atoms with Crippen LogP contribution in [0.3, 0.4) is 0 Å². The van der Waals surface area contributed by atoms with E-state index in [0.717, 1.165) is 17.7 Å². The first kappa shape index (κ1) is 23.7. The summed E-state index contributed by atoms with van der Waals surface area (Å²) < 4.78 is 11.6. The van der Waals surface area contributed by atoms with Crippen LogP contribution in [-0.2, 0) is 16.1 Å². The lowest BCUT2D eigenvalue weighted by Gasteiger charge is -2.57. The van der Waals surface area contributed by atoms with E-state index >= 15 is 0 Å². The molecule has 2 atom stereocenters. The van der Waals surface area contributed by atoms with Crippen LogP contribution in [0.1, 0.15) is 53.0 Å². The molecule has 1 aliphatic carbocycles. The Morgan fingerprint density at radius 2 is 2.00 bits per heavy atom. The number of benzene rings is 1. The van der Waals surface area contributed by atoms with Crippen LogP contribution in [0.4, 0.5) is 0 Å². The van der Waals surface area contributed by atoms with Crippen LogP contribution in [0.2, 0.25) is 0 Å². The minimum Gasteiger partial charge on any atom is -0.493 e. The summed E-state index contributed by atoms with van der Waals surface area (Å²) in [6, 6.07) is 7.82. The van der Waals surface area contributed by atoms with E-state index in [9.17, 15) is 4.79 Å². The summed E-state index contributed by atoms with van der Waals surface area (Å²) in [4.78, 5) is 12.8. The standard InChI is InChI=1S/C21H34N2O3.ClH/c1-6-25-18-13-21(22,20(18,4)5)19(24)23-14-16-9-7-8-10-17(16)26-12-11-15(2)3;/h7-10,15,18H,6,11-14,22H2,1-5H3,(H,23,24);1H. The molecule has 1 fully saturated rings. The molecular weight excluding hydrogens is 364 g/mol. The molecule has 1 saturated carbocycles. The maximum atomic E-state index is 12.8. The van der Waals surface area contributed by atoms with Gasteiger partial charge in [0.1, 0.15) is 11.3 Å². The topological polar surface area (TPSA) is 73.6 Å². The molecule has 1 amide bonds. The Labute approximate surface area is 169 Å². The van der Waals surface area contributed by atoms with Gasteiger partial charge >= 0.3 is 0 Å². The van der Waals surface area contributed by atoms with Crippen molar-refractivity contribution in [2.45, 2.75) is 65.6 Å². The molecule has 0 heterocycles. The Balaban J connectivity index is 0.00000364. The van der Waals surface area contributed by atoms with Gasteiger partial charge in [0.2, 0.25) is 5.91 Å². The fourth-order valence-electron chi connectivity index (χ4n) is 3.35. The highest BCUT2D eigenvalue weighted by Gasteiger charge is 2.62. The van der Waals surface area contributed by atoms with Crippen molar-refractivity contribution in [3.63, 3.8) is 0 Å². The van der Waals surface area contributed by atoms with Gasteiger partial charge in [-0.25, -0.2) is 0 Å². The van der Waals surface area contributed by atoms with E-state index in [2.05, 4.69) is 19.2 Å². The fourth-order valence-corrected chi connectivity index (χ4v) is 3.35. The van der Waals surface area contributed by atoms with Crippen molar-refractivity contribution < 1.29 is 14.3 Å². The lowest BCUT2D eigenvalue weighted by atomic mass is 9.54.